The van der Waals surface area contributed by atoms with Crippen LogP contribution in [0.2, 0.25) is 0 Å². The van der Waals surface area contributed by atoms with E-state index >= 15 is 0 Å². The number of carbonyl (C=O) groups excluding carboxylic acids is 1. The van der Waals surface area contributed by atoms with Gasteiger partial charge in [-0.15, -0.1) is 0 Å². The van der Waals surface area contributed by atoms with Gasteiger partial charge in [0.2, 0.25) is 5.91 Å². The molecule has 3 N–H and O–H groups in total. The normalized spacial score (nSPS) is 15.7. The first-order chi connectivity index (χ1) is 14.5. The van der Waals surface area contributed by atoms with Gasteiger partial charge in [-0.25, -0.2) is 9.89 Å². The third kappa shape index (κ3) is 3.93. The van der Waals surface area contributed by atoms with Crippen molar-refractivity contribution < 1.29 is 4.79 Å². The first-order valence-corrected chi connectivity index (χ1v) is 10.3. The standard InChI is InChI=1S/C23H27N5O2/c1-16(20-25-22(30)27-26-20)24-21(29)23(14-18-10-6-7-11-19(18)15-23)28(2)13-12-17-8-4-3-5-9-17/h3-11,16H,12-15H2,1-2H3,(H,24,29)(H2,25,26,27,30)/t16-/m0/s1. The largest absolute Gasteiger partial charge is 0.345 e. The lowest BCUT2D eigenvalue weighted by atomic mass is 9.91. The van der Waals surface area contributed by atoms with Crippen LogP contribution in [-0.2, 0) is 24.1 Å². The third-order valence-electron chi connectivity index (χ3n) is 6.09. The molecule has 0 saturated carbocycles. The van der Waals surface area contributed by atoms with E-state index < -0.39 is 11.6 Å². The summed E-state index contributed by atoms with van der Waals surface area (Å²) in [4.78, 5) is 29.8. The fourth-order valence-electron chi connectivity index (χ4n) is 4.24. The Balaban J connectivity index is 1.56. The summed E-state index contributed by atoms with van der Waals surface area (Å²) in [6.45, 7) is 2.59. The van der Waals surface area contributed by atoms with Crippen LogP contribution in [0, 0.1) is 0 Å². The van der Waals surface area contributed by atoms with Gasteiger partial charge in [0.25, 0.3) is 0 Å². The number of aromatic amines is 2. The van der Waals surface area contributed by atoms with Crippen LogP contribution in [-0.4, -0.2) is 45.1 Å². The number of carbonyl (C=O) groups is 1. The molecule has 1 amide bonds. The molecule has 4 rings (SSSR count). The van der Waals surface area contributed by atoms with Crippen LogP contribution in [0.4, 0.5) is 0 Å². The predicted octanol–water partition coefficient (Wildman–Crippen LogP) is 1.99. The van der Waals surface area contributed by atoms with E-state index in [1.54, 1.807) is 0 Å². The first-order valence-electron chi connectivity index (χ1n) is 10.3. The summed E-state index contributed by atoms with van der Waals surface area (Å²) >= 11 is 0. The van der Waals surface area contributed by atoms with E-state index in [0.29, 0.717) is 18.7 Å². The summed E-state index contributed by atoms with van der Waals surface area (Å²) < 4.78 is 0. The molecular formula is C23H27N5O2. The van der Waals surface area contributed by atoms with Crippen molar-refractivity contribution in [2.45, 2.75) is 37.8 Å². The van der Waals surface area contributed by atoms with Gasteiger partial charge in [0, 0.05) is 19.4 Å². The Bertz CT molecular complexity index is 1050. The molecule has 0 spiro atoms. The third-order valence-corrected chi connectivity index (χ3v) is 6.09. The average molecular weight is 406 g/mol. The monoisotopic (exact) mass is 405 g/mol. The summed E-state index contributed by atoms with van der Waals surface area (Å²) in [5.41, 5.74) is 2.61. The van der Waals surface area contributed by atoms with Crippen LogP contribution in [0.15, 0.2) is 59.4 Å². The SMILES string of the molecule is C[C@H](NC(=O)C1(N(C)CCc2ccccc2)Cc2ccccc2C1)c1n[nH]c(=O)[nH]1. The molecule has 1 aromatic heterocycles. The highest BCUT2D eigenvalue weighted by atomic mass is 16.2. The van der Waals surface area contributed by atoms with Crippen LogP contribution in [0.3, 0.4) is 0 Å². The molecule has 3 aromatic rings. The van der Waals surface area contributed by atoms with E-state index in [1.807, 2.05) is 44.3 Å². The van der Waals surface area contributed by atoms with E-state index in [1.165, 1.54) is 16.7 Å². The maximum Gasteiger partial charge on any atom is 0.340 e. The predicted molar refractivity (Wildman–Crippen MR) is 115 cm³/mol. The van der Waals surface area contributed by atoms with Crippen LogP contribution in [0.25, 0.3) is 0 Å². The maximum absolute atomic E-state index is 13.6. The zero-order chi connectivity index (χ0) is 21.1. The minimum atomic E-state index is -0.677. The number of amides is 1. The van der Waals surface area contributed by atoms with Crippen LogP contribution >= 0.6 is 0 Å². The van der Waals surface area contributed by atoms with Gasteiger partial charge in [-0.05, 0) is 37.1 Å². The highest BCUT2D eigenvalue weighted by Crippen LogP contribution is 2.35. The van der Waals surface area contributed by atoms with Crippen molar-refractivity contribution in [1.82, 2.24) is 25.4 Å². The summed E-state index contributed by atoms with van der Waals surface area (Å²) in [5.74, 6) is 0.372. The molecular weight excluding hydrogens is 378 g/mol. The van der Waals surface area contributed by atoms with E-state index in [0.717, 1.165) is 13.0 Å². The van der Waals surface area contributed by atoms with Gasteiger partial charge in [-0.2, -0.15) is 5.10 Å². The summed E-state index contributed by atoms with van der Waals surface area (Å²) in [6, 6.07) is 18.1. The van der Waals surface area contributed by atoms with Crippen LogP contribution in [0.5, 0.6) is 0 Å². The van der Waals surface area contributed by atoms with E-state index in [2.05, 4.69) is 49.7 Å². The second-order valence-electron chi connectivity index (χ2n) is 8.07. The molecule has 1 aliphatic carbocycles. The summed E-state index contributed by atoms with van der Waals surface area (Å²) in [6.07, 6.45) is 2.18. The van der Waals surface area contributed by atoms with Gasteiger partial charge in [0.05, 0.1) is 6.04 Å². The number of benzene rings is 2. The molecule has 0 fully saturated rings. The number of nitrogens with zero attached hydrogens (tertiary/aromatic N) is 2. The Hall–Kier alpha value is -3.19. The molecule has 0 aliphatic heterocycles. The lowest BCUT2D eigenvalue weighted by Gasteiger charge is -2.38. The molecule has 2 aromatic carbocycles. The van der Waals surface area contributed by atoms with E-state index in [-0.39, 0.29) is 11.6 Å². The molecule has 1 heterocycles. The maximum atomic E-state index is 13.6. The number of hydrogen-bond donors (Lipinski definition) is 3. The smallest absolute Gasteiger partial charge is 0.340 e. The number of aromatic nitrogens is 3. The van der Waals surface area contributed by atoms with Crippen molar-refractivity contribution in [2.24, 2.45) is 0 Å². The highest BCUT2D eigenvalue weighted by molar-refractivity contribution is 5.88. The highest BCUT2D eigenvalue weighted by Gasteiger charge is 2.47. The lowest BCUT2D eigenvalue weighted by Crippen LogP contribution is -2.59. The second-order valence-corrected chi connectivity index (χ2v) is 8.07. The molecule has 156 valence electrons. The molecule has 0 saturated heterocycles. The molecule has 7 heteroatoms. The summed E-state index contributed by atoms with van der Waals surface area (Å²) in [5, 5.41) is 9.38. The number of likely N-dealkylation sites (N-methyl/N-ethyl adjacent to an activating group) is 1. The van der Waals surface area contributed by atoms with E-state index in [4.69, 9.17) is 0 Å². The quantitative estimate of drug-likeness (QED) is 0.560. The minimum absolute atomic E-state index is 0.0504. The number of H-pyrrole nitrogens is 2. The first kappa shape index (κ1) is 20.1. The Morgan fingerprint density at radius 1 is 1.13 bits per heavy atom. The Labute approximate surface area is 175 Å². The molecule has 0 radical (unpaired) electrons. The molecule has 7 nitrogen and oxygen atoms in total. The molecule has 1 aliphatic rings. The van der Waals surface area contributed by atoms with Crippen molar-refractivity contribution in [3.05, 3.63) is 87.6 Å². The van der Waals surface area contributed by atoms with Crippen LogP contribution < -0.4 is 11.0 Å². The minimum Gasteiger partial charge on any atom is -0.345 e. The second kappa shape index (κ2) is 8.28. The van der Waals surface area contributed by atoms with Crippen molar-refractivity contribution in [2.75, 3.05) is 13.6 Å². The zero-order valence-electron chi connectivity index (χ0n) is 17.3. The van der Waals surface area contributed by atoms with Crippen molar-refractivity contribution in [3.8, 4) is 0 Å². The van der Waals surface area contributed by atoms with Crippen molar-refractivity contribution >= 4 is 5.91 Å². The Morgan fingerprint density at radius 3 is 2.37 bits per heavy atom. The molecule has 0 bridgehead atoms. The lowest BCUT2D eigenvalue weighted by molar-refractivity contribution is -0.133. The topological polar surface area (TPSA) is 93.9 Å². The average Bonchev–Trinajstić information content (AvgIpc) is 3.37. The number of hydrogen-bond acceptors (Lipinski definition) is 4. The zero-order valence-corrected chi connectivity index (χ0v) is 17.3. The van der Waals surface area contributed by atoms with E-state index in [9.17, 15) is 9.59 Å². The number of rotatable bonds is 7. The molecule has 1 atom stereocenters. The Kier molecular flexibility index (Phi) is 5.55. The van der Waals surface area contributed by atoms with Gasteiger partial charge in [0.1, 0.15) is 5.54 Å². The summed E-state index contributed by atoms with van der Waals surface area (Å²) in [7, 11) is 2.02. The molecule has 0 unspecified atom stereocenters. The van der Waals surface area contributed by atoms with Crippen LogP contribution in [0.1, 0.15) is 35.5 Å². The van der Waals surface area contributed by atoms with Gasteiger partial charge in [0.15, 0.2) is 5.82 Å². The van der Waals surface area contributed by atoms with Gasteiger partial charge in [-0.3, -0.25) is 14.7 Å². The Morgan fingerprint density at radius 2 is 1.77 bits per heavy atom. The van der Waals surface area contributed by atoms with Gasteiger partial charge < -0.3 is 5.32 Å². The van der Waals surface area contributed by atoms with Crippen molar-refractivity contribution in [3.63, 3.8) is 0 Å². The fraction of sp³-hybridized carbons (Fsp3) is 0.348. The van der Waals surface area contributed by atoms with Gasteiger partial charge >= 0.3 is 5.69 Å². The van der Waals surface area contributed by atoms with Gasteiger partial charge in [-0.1, -0.05) is 54.6 Å². The van der Waals surface area contributed by atoms with Crippen molar-refractivity contribution in [1.29, 1.82) is 0 Å². The molecule has 30 heavy (non-hydrogen) atoms. The number of fused-ring (bicyclic) bond motifs is 1. The fourth-order valence-corrected chi connectivity index (χ4v) is 4.24. The number of nitrogens with one attached hydrogen (secondary N) is 3.